The summed E-state index contributed by atoms with van der Waals surface area (Å²) in [6.45, 7) is 11.8. The fourth-order valence-corrected chi connectivity index (χ4v) is 1.53. The molecular weight excluding hydrogens is 160 g/mol. The minimum atomic E-state index is 0.0919. The maximum absolute atomic E-state index is 5.79. The van der Waals surface area contributed by atoms with Gasteiger partial charge in [0.05, 0.1) is 0 Å². The summed E-state index contributed by atoms with van der Waals surface area (Å²) < 4.78 is 0. The lowest BCUT2D eigenvalue weighted by molar-refractivity contribution is 0.239. The van der Waals surface area contributed by atoms with Gasteiger partial charge in [-0.1, -0.05) is 27.2 Å². The SMILES string of the molecule is CCCC(C)NC(C)(CN)C(C)C. The molecule has 80 valence electrons. The molecule has 0 radical (unpaired) electrons. The van der Waals surface area contributed by atoms with Gasteiger partial charge in [0, 0.05) is 18.1 Å². The molecule has 2 unspecified atom stereocenters. The van der Waals surface area contributed by atoms with Gasteiger partial charge in [0.15, 0.2) is 0 Å². The lowest BCUT2D eigenvalue weighted by Crippen LogP contribution is -2.55. The fourth-order valence-electron chi connectivity index (χ4n) is 1.53. The van der Waals surface area contributed by atoms with Gasteiger partial charge in [0.25, 0.3) is 0 Å². The van der Waals surface area contributed by atoms with Gasteiger partial charge in [-0.15, -0.1) is 0 Å². The van der Waals surface area contributed by atoms with Crippen LogP contribution in [0.4, 0.5) is 0 Å². The first-order valence-electron chi connectivity index (χ1n) is 5.44. The molecule has 2 heteroatoms. The van der Waals surface area contributed by atoms with E-state index in [2.05, 4.69) is 39.9 Å². The van der Waals surface area contributed by atoms with Crippen molar-refractivity contribution in [3.63, 3.8) is 0 Å². The molecule has 2 atom stereocenters. The Morgan fingerprint density at radius 3 is 2.15 bits per heavy atom. The van der Waals surface area contributed by atoms with Crippen LogP contribution in [0.15, 0.2) is 0 Å². The number of hydrogen-bond acceptors (Lipinski definition) is 2. The fraction of sp³-hybridized carbons (Fsp3) is 1.00. The summed E-state index contributed by atoms with van der Waals surface area (Å²) in [5, 5.41) is 3.62. The van der Waals surface area contributed by atoms with Gasteiger partial charge in [-0.25, -0.2) is 0 Å². The zero-order valence-corrected chi connectivity index (χ0v) is 9.85. The first-order chi connectivity index (χ1) is 5.96. The largest absolute Gasteiger partial charge is 0.329 e. The van der Waals surface area contributed by atoms with E-state index in [9.17, 15) is 0 Å². The second-order valence-corrected chi connectivity index (χ2v) is 4.61. The summed E-state index contributed by atoms with van der Waals surface area (Å²) >= 11 is 0. The Kier molecular flexibility index (Phi) is 5.57. The summed E-state index contributed by atoms with van der Waals surface area (Å²) in [4.78, 5) is 0. The molecule has 0 saturated heterocycles. The van der Waals surface area contributed by atoms with E-state index in [1.54, 1.807) is 0 Å². The molecule has 0 rings (SSSR count). The topological polar surface area (TPSA) is 38.0 Å². The second-order valence-electron chi connectivity index (χ2n) is 4.61. The van der Waals surface area contributed by atoms with Gasteiger partial charge in [0.2, 0.25) is 0 Å². The van der Waals surface area contributed by atoms with Crippen molar-refractivity contribution in [1.82, 2.24) is 5.32 Å². The van der Waals surface area contributed by atoms with Crippen LogP contribution in [0.1, 0.15) is 47.5 Å². The van der Waals surface area contributed by atoms with Crippen molar-refractivity contribution in [2.45, 2.75) is 59.0 Å². The average Bonchev–Trinajstić information content (AvgIpc) is 2.04. The van der Waals surface area contributed by atoms with Crippen molar-refractivity contribution in [3.8, 4) is 0 Å². The molecule has 0 spiro atoms. The van der Waals surface area contributed by atoms with Crippen molar-refractivity contribution < 1.29 is 0 Å². The molecule has 0 bridgehead atoms. The van der Waals surface area contributed by atoms with Crippen LogP contribution in [0.5, 0.6) is 0 Å². The molecule has 0 aromatic heterocycles. The molecule has 0 fully saturated rings. The van der Waals surface area contributed by atoms with Crippen LogP contribution < -0.4 is 11.1 Å². The highest BCUT2D eigenvalue weighted by Gasteiger charge is 2.27. The number of hydrogen-bond donors (Lipinski definition) is 2. The first kappa shape index (κ1) is 12.9. The third-order valence-corrected chi connectivity index (χ3v) is 3.00. The van der Waals surface area contributed by atoms with Gasteiger partial charge in [0.1, 0.15) is 0 Å². The van der Waals surface area contributed by atoms with Gasteiger partial charge < -0.3 is 11.1 Å². The molecule has 13 heavy (non-hydrogen) atoms. The lowest BCUT2D eigenvalue weighted by atomic mass is 9.87. The average molecular weight is 186 g/mol. The van der Waals surface area contributed by atoms with E-state index in [1.807, 2.05) is 0 Å². The first-order valence-corrected chi connectivity index (χ1v) is 5.44. The van der Waals surface area contributed by atoms with E-state index in [-0.39, 0.29) is 5.54 Å². The Morgan fingerprint density at radius 1 is 1.31 bits per heavy atom. The Labute approximate surface area is 83.3 Å². The zero-order chi connectivity index (χ0) is 10.5. The Morgan fingerprint density at radius 2 is 1.85 bits per heavy atom. The molecule has 0 aromatic carbocycles. The molecule has 0 aliphatic rings. The highest BCUT2D eigenvalue weighted by Crippen LogP contribution is 2.16. The van der Waals surface area contributed by atoms with Crippen LogP contribution in [-0.2, 0) is 0 Å². The predicted octanol–water partition coefficient (Wildman–Crippen LogP) is 2.14. The number of nitrogens with one attached hydrogen (secondary N) is 1. The van der Waals surface area contributed by atoms with Crippen LogP contribution >= 0.6 is 0 Å². The van der Waals surface area contributed by atoms with Crippen molar-refractivity contribution >= 4 is 0 Å². The van der Waals surface area contributed by atoms with Crippen molar-refractivity contribution in [1.29, 1.82) is 0 Å². The summed E-state index contributed by atoms with van der Waals surface area (Å²) in [6.07, 6.45) is 2.45. The molecule has 0 aliphatic heterocycles. The minimum absolute atomic E-state index is 0.0919. The highest BCUT2D eigenvalue weighted by atomic mass is 15.0. The Hall–Kier alpha value is -0.0800. The van der Waals surface area contributed by atoms with Gasteiger partial charge in [-0.2, -0.15) is 0 Å². The van der Waals surface area contributed by atoms with Crippen LogP contribution in [0.25, 0.3) is 0 Å². The van der Waals surface area contributed by atoms with Gasteiger partial charge >= 0.3 is 0 Å². The molecule has 3 N–H and O–H groups in total. The second kappa shape index (κ2) is 5.61. The van der Waals surface area contributed by atoms with Crippen LogP contribution in [0.2, 0.25) is 0 Å². The smallest absolute Gasteiger partial charge is 0.0301 e. The standard InChI is InChI=1S/C11H26N2/c1-6-7-10(4)13-11(5,8-12)9(2)3/h9-10,13H,6-8,12H2,1-5H3. The number of nitrogens with two attached hydrogens (primary N) is 1. The summed E-state index contributed by atoms with van der Waals surface area (Å²) in [5.74, 6) is 0.580. The monoisotopic (exact) mass is 186 g/mol. The maximum Gasteiger partial charge on any atom is 0.0301 e. The lowest BCUT2D eigenvalue weighted by Gasteiger charge is -2.36. The van der Waals surface area contributed by atoms with Crippen LogP contribution in [0, 0.1) is 5.92 Å². The van der Waals surface area contributed by atoms with E-state index in [4.69, 9.17) is 5.73 Å². The molecule has 2 nitrogen and oxygen atoms in total. The van der Waals surface area contributed by atoms with Crippen molar-refractivity contribution in [2.24, 2.45) is 11.7 Å². The van der Waals surface area contributed by atoms with E-state index in [0.717, 1.165) is 0 Å². The number of rotatable bonds is 6. The summed E-state index contributed by atoms with van der Waals surface area (Å²) in [7, 11) is 0. The molecular formula is C11H26N2. The molecule has 0 heterocycles. The third kappa shape index (κ3) is 4.10. The maximum atomic E-state index is 5.79. The molecule has 0 amide bonds. The van der Waals surface area contributed by atoms with Gasteiger partial charge in [-0.05, 0) is 26.2 Å². The van der Waals surface area contributed by atoms with Crippen LogP contribution in [0.3, 0.4) is 0 Å². The molecule has 0 aromatic rings. The Balaban J connectivity index is 4.10. The molecule has 0 aliphatic carbocycles. The van der Waals surface area contributed by atoms with Crippen molar-refractivity contribution in [3.05, 3.63) is 0 Å². The highest BCUT2D eigenvalue weighted by molar-refractivity contribution is 4.89. The van der Waals surface area contributed by atoms with E-state index < -0.39 is 0 Å². The predicted molar refractivity (Wildman–Crippen MR) is 59.8 cm³/mol. The summed E-state index contributed by atoms with van der Waals surface area (Å²) in [5.41, 5.74) is 5.88. The van der Waals surface area contributed by atoms with E-state index in [1.165, 1.54) is 12.8 Å². The molecule has 0 saturated carbocycles. The van der Waals surface area contributed by atoms with Crippen molar-refractivity contribution in [2.75, 3.05) is 6.54 Å². The Bertz CT molecular complexity index is 134. The summed E-state index contributed by atoms with van der Waals surface area (Å²) in [6, 6.07) is 0.570. The van der Waals surface area contributed by atoms with E-state index >= 15 is 0 Å². The van der Waals surface area contributed by atoms with Gasteiger partial charge in [-0.3, -0.25) is 0 Å². The minimum Gasteiger partial charge on any atom is -0.329 e. The quantitative estimate of drug-likeness (QED) is 0.667. The van der Waals surface area contributed by atoms with Crippen LogP contribution in [-0.4, -0.2) is 18.1 Å². The third-order valence-electron chi connectivity index (χ3n) is 3.00. The normalized spacial score (nSPS) is 18.7. The zero-order valence-electron chi connectivity index (χ0n) is 9.85. The van der Waals surface area contributed by atoms with E-state index in [0.29, 0.717) is 18.5 Å².